The zero-order chi connectivity index (χ0) is 13.7. The molecule has 1 fully saturated rings. The third-order valence-corrected chi connectivity index (χ3v) is 4.15. The molecule has 0 saturated carbocycles. The van der Waals surface area contributed by atoms with Gasteiger partial charge in [-0.25, -0.2) is 0 Å². The normalized spacial score (nSPS) is 19.1. The summed E-state index contributed by atoms with van der Waals surface area (Å²) in [5, 5.41) is 8.47. The fourth-order valence-corrected chi connectivity index (χ4v) is 3.07. The molecule has 19 heavy (non-hydrogen) atoms. The van der Waals surface area contributed by atoms with Gasteiger partial charge in [0.1, 0.15) is 5.00 Å². The van der Waals surface area contributed by atoms with Crippen LogP contribution in [-0.2, 0) is 4.79 Å². The Morgan fingerprint density at radius 2 is 2.32 bits per heavy atom. The molecule has 1 atom stereocenters. The van der Waals surface area contributed by atoms with Gasteiger partial charge in [0.25, 0.3) is 5.91 Å². The van der Waals surface area contributed by atoms with Crippen LogP contribution in [0.2, 0.25) is 0 Å². The maximum atomic E-state index is 11.8. The Hall–Kier alpha value is -1.40. The molecule has 0 aliphatic carbocycles. The second-order valence-corrected chi connectivity index (χ2v) is 5.68. The lowest BCUT2D eigenvalue weighted by Gasteiger charge is -2.22. The number of thiophene rings is 1. The van der Waals surface area contributed by atoms with E-state index in [0.29, 0.717) is 23.0 Å². The van der Waals surface area contributed by atoms with Gasteiger partial charge in [0.2, 0.25) is 5.91 Å². The van der Waals surface area contributed by atoms with Gasteiger partial charge in [0.05, 0.1) is 5.56 Å². The standard InChI is InChI=1S/C13H19N3O2S/c14-12(18)10-6-8-19-13(10)16-11(17)5-4-9-3-1-2-7-15-9/h6,8-9,15H,1-5,7H2,(H2,14,18)(H,16,17). The van der Waals surface area contributed by atoms with E-state index in [1.807, 2.05) is 0 Å². The van der Waals surface area contributed by atoms with Crippen LogP contribution in [-0.4, -0.2) is 24.4 Å². The Morgan fingerprint density at radius 3 is 3.00 bits per heavy atom. The fraction of sp³-hybridized carbons (Fsp3) is 0.538. The summed E-state index contributed by atoms with van der Waals surface area (Å²) in [7, 11) is 0. The highest BCUT2D eigenvalue weighted by Gasteiger charge is 2.16. The topological polar surface area (TPSA) is 84.2 Å². The first-order valence-corrected chi connectivity index (χ1v) is 7.45. The maximum Gasteiger partial charge on any atom is 0.251 e. The number of piperidine rings is 1. The van der Waals surface area contributed by atoms with Gasteiger partial charge in [-0.3, -0.25) is 9.59 Å². The average Bonchev–Trinajstić information content (AvgIpc) is 2.86. The van der Waals surface area contributed by atoms with Gasteiger partial charge in [-0.1, -0.05) is 6.42 Å². The number of nitrogens with one attached hydrogen (secondary N) is 2. The largest absolute Gasteiger partial charge is 0.366 e. The molecule has 4 N–H and O–H groups in total. The first-order chi connectivity index (χ1) is 9.16. The van der Waals surface area contributed by atoms with Crippen molar-refractivity contribution >= 4 is 28.2 Å². The fourth-order valence-electron chi connectivity index (χ4n) is 2.26. The molecule has 104 valence electrons. The van der Waals surface area contributed by atoms with Gasteiger partial charge in [-0.15, -0.1) is 11.3 Å². The smallest absolute Gasteiger partial charge is 0.251 e. The minimum atomic E-state index is -0.509. The van der Waals surface area contributed by atoms with Gasteiger partial charge in [0.15, 0.2) is 0 Å². The van der Waals surface area contributed by atoms with E-state index in [0.717, 1.165) is 19.4 Å². The van der Waals surface area contributed by atoms with Crippen molar-refractivity contribution in [3.63, 3.8) is 0 Å². The predicted octanol–water partition coefficient (Wildman–Crippen LogP) is 1.71. The van der Waals surface area contributed by atoms with Crippen LogP contribution >= 0.6 is 11.3 Å². The quantitative estimate of drug-likeness (QED) is 0.768. The summed E-state index contributed by atoms with van der Waals surface area (Å²) in [5.74, 6) is -0.567. The van der Waals surface area contributed by atoms with E-state index in [1.54, 1.807) is 11.4 Å². The highest BCUT2D eigenvalue weighted by Crippen LogP contribution is 2.23. The molecule has 0 spiro atoms. The first kappa shape index (κ1) is 14.0. The number of carbonyl (C=O) groups excluding carboxylic acids is 2. The lowest BCUT2D eigenvalue weighted by atomic mass is 10.0. The molecule has 1 saturated heterocycles. The van der Waals surface area contributed by atoms with Crippen molar-refractivity contribution < 1.29 is 9.59 Å². The molecule has 1 aromatic heterocycles. The highest BCUT2D eigenvalue weighted by molar-refractivity contribution is 7.14. The third kappa shape index (κ3) is 4.04. The summed E-state index contributed by atoms with van der Waals surface area (Å²) in [6.45, 7) is 1.04. The monoisotopic (exact) mass is 281 g/mol. The number of hydrogen-bond donors (Lipinski definition) is 3. The minimum Gasteiger partial charge on any atom is -0.366 e. The summed E-state index contributed by atoms with van der Waals surface area (Å²) in [5.41, 5.74) is 5.62. The Morgan fingerprint density at radius 1 is 1.47 bits per heavy atom. The van der Waals surface area contributed by atoms with Crippen molar-refractivity contribution in [1.29, 1.82) is 0 Å². The average molecular weight is 281 g/mol. The molecule has 2 heterocycles. The van der Waals surface area contributed by atoms with E-state index < -0.39 is 5.91 Å². The van der Waals surface area contributed by atoms with Crippen LogP contribution in [0.3, 0.4) is 0 Å². The highest BCUT2D eigenvalue weighted by atomic mass is 32.1. The molecule has 1 aromatic rings. The molecule has 0 aromatic carbocycles. The molecule has 5 nitrogen and oxygen atoms in total. The Balaban J connectivity index is 1.80. The number of carbonyl (C=O) groups is 2. The Kier molecular flexibility index (Phi) is 4.93. The molecule has 1 aliphatic heterocycles. The van der Waals surface area contributed by atoms with E-state index in [9.17, 15) is 9.59 Å². The molecular formula is C13H19N3O2S. The lowest BCUT2D eigenvalue weighted by molar-refractivity contribution is -0.116. The van der Waals surface area contributed by atoms with Crippen LogP contribution < -0.4 is 16.4 Å². The summed E-state index contributed by atoms with van der Waals surface area (Å²) in [6.07, 6.45) is 4.89. The van der Waals surface area contributed by atoms with Gasteiger partial charge in [0, 0.05) is 12.5 Å². The SMILES string of the molecule is NC(=O)c1ccsc1NC(=O)CCC1CCCCN1. The number of amides is 2. The number of hydrogen-bond acceptors (Lipinski definition) is 4. The number of primary amides is 1. The van der Waals surface area contributed by atoms with Crippen LogP contribution in [0.4, 0.5) is 5.00 Å². The van der Waals surface area contributed by atoms with Gasteiger partial charge < -0.3 is 16.4 Å². The molecule has 0 bridgehead atoms. The summed E-state index contributed by atoms with van der Waals surface area (Å²) in [6, 6.07) is 2.07. The van der Waals surface area contributed by atoms with E-state index >= 15 is 0 Å². The summed E-state index contributed by atoms with van der Waals surface area (Å²) in [4.78, 5) is 23.0. The van der Waals surface area contributed by atoms with Crippen molar-refractivity contribution in [2.24, 2.45) is 5.73 Å². The lowest BCUT2D eigenvalue weighted by Crippen LogP contribution is -2.34. The summed E-state index contributed by atoms with van der Waals surface area (Å²) >= 11 is 1.32. The number of rotatable bonds is 5. The second-order valence-electron chi connectivity index (χ2n) is 4.76. The van der Waals surface area contributed by atoms with Gasteiger partial charge >= 0.3 is 0 Å². The number of nitrogens with two attached hydrogens (primary N) is 1. The van der Waals surface area contributed by atoms with Crippen LogP contribution in [0, 0.1) is 0 Å². The molecule has 2 amide bonds. The van der Waals surface area contributed by atoms with Crippen molar-refractivity contribution in [2.45, 2.75) is 38.1 Å². The Bertz CT molecular complexity index is 452. The van der Waals surface area contributed by atoms with Crippen molar-refractivity contribution in [2.75, 3.05) is 11.9 Å². The van der Waals surface area contributed by atoms with E-state index in [4.69, 9.17) is 5.73 Å². The zero-order valence-corrected chi connectivity index (χ0v) is 11.6. The molecule has 0 radical (unpaired) electrons. The second kappa shape index (κ2) is 6.68. The minimum absolute atomic E-state index is 0.0580. The first-order valence-electron chi connectivity index (χ1n) is 6.57. The predicted molar refractivity (Wildman–Crippen MR) is 76.3 cm³/mol. The third-order valence-electron chi connectivity index (χ3n) is 3.32. The Labute approximate surface area is 116 Å². The van der Waals surface area contributed by atoms with E-state index in [1.165, 1.54) is 24.2 Å². The maximum absolute atomic E-state index is 11.8. The van der Waals surface area contributed by atoms with E-state index in [-0.39, 0.29) is 5.91 Å². The number of anilines is 1. The zero-order valence-electron chi connectivity index (χ0n) is 10.8. The van der Waals surface area contributed by atoms with Crippen LogP contribution in [0.5, 0.6) is 0 Å². The molecular weight excluding hydrogens is 262 g/mol. The summed E-state index contributed by atoms with van der Waals surface area (Å²) < 4.78 is 0. The van der Waals surface area contributed by atoms with Crippen molar-refractivity contribution in [1.82, 2.24) is 5.32 Å². The van der Waals surface area contributed by atoms with Crippen LogP contribution in [0.1, 0.15) is 42.5 Å². The van der Waals surface area contributed by atoms with E-state index in [2.05, 4.69) is 10.6 Å². The van der Waals surface area contributed by atoms with Gasteiger partial charge in [-0.05, 0) is 37.3 Å². The molecule has 2 rings (SSSR count). The molecule has 1 unspecified atom stereocenters. The van der Waals surface area contributed by atoms with Gasteiger partial charge in [-0.2, -0.15) is 0 Å². The van der Waals surface area contributed by atoms with Crippen molar-refractivity contribution in [3.05, 3.63) is 17.0 Å². The molecule has 1 aliphatic rings. The van der Waals surface area contributed by atoms with Crippen molar-refractivity contribution in [3.8, 4) is 0 Å². The molecule has 6 heteroatoms. The van der Waals surface area contributed by atoms with Crippen LogP contribution in [0.25, 0.3) is 0 Å². The van der Waals surface area contributed by atoms with Crippen LogP contribution in [0.15, 0.2) is 11.4 Å².